The van der Waals surface area contributed by atoms with E-state index in [2.05, 4.69) is 39.8 Å². The van der Waals surface area contributed by atoms with E-state index < -0.39 is 0 Å². The third-order valence-electron chi connectivity index (χ3n) is 3.14. The van der Waals surface area contributed by atoms with Gasteiger partial charge in [0.05, 0.1) is 6.04 Å². The lowest BCUT2D eigenvalue weighted by Gasteiger charge is -2.25. The Morgan fingerprint density at radius 3 is 2.88 bits per heavy atom. The third kappa shape index (κ3) is 1.51. The van der Waals surface area contributed by atoms with Crippen LogP contribution in [0, 0.1) is 0 Å². The SMILES string of the molecule is Cn1cnnc1C1Cc2ccccc2CN1. The average Bonchev–Trinajstić information content (AvgIpc) is 2.75. The molecule has 82 valence electrons. The van der Waals surface area contributed by atoms with Gasteiger partial charge < -0.3 is 9.88 Å². The second kappa shape index (κ2) is 3.72. The van der Waals surface area contributed by atoms with Gasteiger partial charge in [-0.25, -0.2) is 0 Å². The normalized spacial score (nSPS) is 19.4. The number of rotatable bonds is 1. The molecule has 1 aliphatic heterocycles. The first-order valence-corrected chi connectivity index (χ1v) is 5.48. The molecule has 1 N–H and O–H groups in total. The van der Waals surface area contributed by atoms with E-state index in [0.29, 0.717) is 0 Å². The van der Waals surface area contributed by atoms with E-state index in [1.165, 1.54) is 11.1 Å². The monoisotopic (exact) mass is 214 g/mol. The third-order valence-corrected chi connectivity index (χ3v) is 3.14. The number of nitrogens with zero attached hydrogens (tertiary/aromatic N) is 3. The van der Waals surface area contributed by atoms with Crippen molar-refractivity contribution in [1.29, 1.82) is 0 Å². The molecule has 0 amide bonds. The molecular formula is C12H14N4. The Morgan fingerprint density at radius 2 is 2.12 bits per heavy atom. The highest BCUT2D eigenvalue weighted by atomic mass is 15.3. The van der Waals surface area contributed by atoms with E-state index in [9.17, 15) is 0 Å². The van der Waals surface area contributed by atoms with Gasteiger partial charge in [0.15, 0.2) is 0 Å². The highest BCUT2D eigenvalue weighted by Crippen LogP contribution is 2.23. The van der Waals surface area contributed by atoms with Crippen molar-refractivity contribution < 1.29 is 0 Å². The summed E-state index contributed by atoms with van der Waals surface area (Å²) in [5.74, 6) is 1.01. The predicted octanol–water partition coefficient (Wildman–Crippen LogP) is 1.20. The van der Waals surface area contributed by atoms with Crippen LogP contribution in [0.3, 0.4) is 0 Å². The molecule has 1 unspecified atom stereocenters. The average molecular weight is 214 g/mol. The van der Waals surface area contributed by atoms with Crippen molar-refractivity contribution in [2.24, 2.45) is 7.05 Å². The number of aryl methyl sites for hydroxylation is 1. The minimum absolute atomic E-state index is 0.280. The van der Waals surface area contributed by atoms with Crippen molar-refractivity contribution >= 4 is 0 Å². The predicted molar refractivity (Wildman–Crippen MR) is 60.7 cm³/mol. The number of hydrogen-bond donors (Lipinski definition) is 1. The van der Waals surface area contributed by atoms with E-state index in [1.807, 2.05) is 11.6 Å². The quantitative estimate of drug-likeness (QED) is 0.775. The Morgan fingerprint density at radius 1 is 1.31 bits per heavy atom. The van der Waals surface area contributed by atoms with Crippen LogP contribution in [0.2, 0.25) is 0 Å². The smallest absolute Gasteiger partial charge is 0.150 e. The van der Waals surface area contributed by atoms with Crippen LogP contribution in [0.1, 0.15) is 23.0 Å². The summed E-state index contributed by atoms with van der Waals surface area (Å²) in [7, 11) is 1.98. The maximum absolute atomic E-state index is 4.16. The van der Waals surface area contributed by atoms with Gasteiger partial charge in [0.2, 0.25) is 0 Å². The molecule has 3 rings (SSSR count). The zero-order chi connectivity index (χ0) is 11.0. The highest BCUT2D eigenvalue weighted by molar-refractivity contribution is 5.30. The Balaban J connectivity index is 1.91. The lowest BCUT2D eigenvalue weighted by molar-refractivity contribution is 0.463. The van der Waals surface area contributed by atoms with Gasteiger partial charge in [0.25, 0.3) is 0 Å². The molecule has 0 spiro atoms. The van der Waals surface area contributed by atoms with E-state index in [4.69, 9.17) is 0 Å². The number of benzene rings is 1. The highest BCUT2D eigenvalue weighted by Gasteiger charge is 2.22. The fourth-order valence-corrected chi connectivity index (χ4v) is 2.24. The van der Waals surface area contributed by atoms with E-state index >= 15 is 0 Å². The van der Waals surface area contributed by atoms with E-state index in [1.54, 1.807) is 6.33 Å². The number of fused-ring (bicyclic) bond motifs is 1. The molecule has 16 heavy (non-hydrogen) atoms. The molecule has 1 atom stereocenters. The van der Waals surface area contributed by atoms with Gasteiger partial charge in [0, 0.05) is 13.6 Å². The van der Waals surface area contributed by atoms with Gasteiger partial charge in [-0.3, -0.25) is 0 Å². The molecule has 4 heteroatoms. The fraction of sp³-hybridized carbons (Fsp3) is 0.333. The lowest BCUT2D eigenvalue weighted by atomic mass is 9.95. The molecule has 2 heterocycles. The zero-order valence-corrected chi connectivity index (χ0v) is 9.22. The molecule has 0 aliphatic carbocycles. The summed E-state index contributed by atoms with van der Waals surface area (Å²) in [6.07, 6.45) is 2.74. The maximum Gasteiger partial charge on any atom is 0.150 e. The molecular weight excluding hydrogens is 200 g/mol. The van der Waals surface area contributed by atoms with Crippen molar-refractivity contribution in [3.63, 3.8) is 0 Å². The van der Waals surface area contributed by atoms with Gasteiger partial charge >= 0.3 is 0 Å². The van der Waals surface area contributed by atoms with Crippen LogP contribution < -0.4 is 5.32 Å². The standard InChI is InChI=1S/C12H14N4/c1-16-8-14-15-12(16)11-6-9-4-2-3-5-10(9)7-13-11/h2-5,8,11,13H,6-7H2,1H3. The van der Waals surface area contributed by atoms with Gasteiger partial charge in [-0.1, -0.05) is 24.3 Å². The first-order chi connectivity index (χ1) is 7.84. The Hall–Kier alpha value is -1.68. The minimum atomic E-state index is 0.280. The Labute approximate surface area is 94.3 Å². The van der Waals surface area contributed by atoms with Crippen LogP contribution in [0.5, 0.6) is 0 Å². The summed E-state index contributed by atoms with van der Waals surface area (Å²) in [6, 6.07) is 8.83. The van der Waals surface area contributed by atoms with Crippen LogP contribution >= 0.6 is 0 Å². The van der Waals surface area contributed by atoms with Crippen molar-refractivity contribution in [2.45, 2.75) is 19.0 Å². The molecule has 2 aromatic rings. The second-order valence-electron chi connectivity index (χ2n) is 4.21. The van der Waals surface area contributed by atoms with Crippen molar-refractivity contribution in [3.8, 4) is 0 Å². The number of hydrogen-bond acceptors (Lipinski definition) is 3. The zero-order valence-electron chi connectivity index (χ0n) is 9.22. The summed E-state index contributed by atoms with van der Waals surface area (Å²) in [6.45, 7) is 0.910. The maximum atomic E-state index is 4.16. The van der Waals surface area contributed by atoms with Crippen molar-refractivity contribution in [1.82, 2.24) is 20.1 Å². The van der Waals surface area contributed by atoms with Crippen LogP contribution in [0.15, 0.2) is 30.6 Å². The first-order valence-electron chi connectivity index (χ1n) is 5.48. The minimum Gasteiger partial charge on any atom is -0.319 e. The van der Waals surface area contributed by atoms with Crippen LogP contribution in [-0.2, 0) is 20.0 Å². The molecule has 0 radical (unpaired) electrons. The lowest BCUT2D eigenvalue weighted by Crippen LogP contribution is -2.30. The largest absolute Gasteiger partial charge is 0.319 e. The molecule has 1 aliphatic rings. The molecule has 1 aromatic carbocycles. The van der Waals surface area contributed by atoms with Crippen molar-refractivity contribution in [2.75, 3.05) is 0 Å². The van der Waals surface area contributed by atoms with E-state index in [-0.39, 0.29) is 6.04 Å². The van der Waals surface area contributed by atoms with Gasteiger partial charge in [-0.2, -0.15) is 0 Å². The topological polar surface area (TPSA) is 42.7 Å². The van der Waals surface area contributed by atoms with E-state index in [0.717, 1.165) is 18.8 Å². The molecule has 0 saturated carbocycles. The summed E-state index contributed by atoms with van der Waals surface area (Å²) < 4.78 is 1.98. The van der Waals surface area contributed by atoms with Gasteiger partial charge in [0.1, 0.15) is 12.2 Å². The summed E-state index contributed by atoms with van der Waals surface area (Å²) in [4.78, 5) is 0. The molecule has 0 fully saturated rings. The van der Waals surface area contributed by atoms with Gasteiger partial charge in [-0.15, -0.1) is 10.2 Å². The number of nitrogens with one attached hydrogen (secondary N) is 1. The molecule has 4 nitrogen and oxygen atoms in total. The second-order valence-corrected chi connectivity index (χ2v) is 4.21. The number of aromatic nitrogens is 3. The van der Waals surface area contributed by atoms with Gasteiger partial charge in [-0.05, 0) is 17.5 Å². The van der Waals surface area contributed by atoms with Crippen molar-refractivity contribution in [3.05, 3.63) is 47.5 Å². The van der Waals surface area contributed by atoms with Crippen LogP contribution in [0.4, 0.5) is 0 Å². The molecule has 0 saturated heterocycles. The summed E-state index contributed by atoms with van der Waals surface area (Å²) >= 11 is 0. The summed E-state index contributed by atoms with van der Waals surface area (Å²) in [5, 5.41) is 11.6. The Kier molecular flexibility index (Phi) is 2.22. The fourth-order valence-electron chi connectivity index (χ4n) is 2.24. The Bertz CT molecular complexity index is 503. The molecule has 1 aromatic heterocycles. The van der Waals surface area contributed by atoms with Crippen LogP contribution in [-0.4, -0.2) is 14.8 Å². The van der Waals surface area contributed by atoms with Crippen LogP contribution in [0.25, 0.3) is 0 Å². The summed E-state index contributed by atoms with van der Waals surface area (Å²) in [5.41, 5.74) is 2.80. The molecule has 0 bridgehead atoms. The first kappa shape index (κ1) is 9.54.